The van der Waals surface area contributed by atoms with Crippen molar-refractivity contribution in [3.8, 4) is 0 Å². The average molecular weight is 310 g/mol. The second-order valence-corrected chi connectivity index (χ2v) is 6.33. The molecule has 0 fully saturated rings. The summed E-state index contributed by atoms with van der Waals surface area (Å²) in [5.41, 5.74) is 4.53. The Morgan fingerprint density at radius 1 is 1.29 bits per heavy atom. The highest BCUT2D eigenvalue weighted by atomic mass is 35.5. The predicted molar refractivity (Wildman–Crippen MR) is 87.7 cm³/mol. The lowest BCUT2D eigenvalue weighted by Crippen LogP contribution is -2.33. The van der Waals surface area contributed by atoms with E-state index in [1.54, 1.807) is 0 Å². The van der Waals surface area contributed by atoms with E-state index in [1.165, 1.54) is 16.7 Å². The summed E-state index contributed by atoms with van der Waals surface area (Å²) in [6.07, 6.45) is 1.28. The first-order chi connectivity index (χ1) is 9.80. The second-order valence-electron chi connectivity index (χ2n) is 6.11. The van der Waals surface area contributed by atoms with Crippen molar-refractivity contribution in [3.63, 3.8) is 0 Å². The number of alkyl carbamates (subject to hydrolysis) is 1. The number of hydrogen-bond acceptors (Lipinski definition) is 2. The van der Waals surface area contributed by atoms with Crippen LogP contribution < -0.4 is 5.32 Å². The third-order valence-electron chi connectivity index (χ3n) is 2.87. The molecule has 1 amide bonds. The van der Waals surface area contributed by atoms with Gasteiger partial charge >= 0.3 is 6.09 Å². The Morgan fingerprint density at radius 3 is 2.43 bits per heavy atom. The van der Waals surface area contributed by atoms with Crippen LogP contribution in [0.1, 0.15) is 38.3 Å². The van der Waals surface area contributed by atoms with Gasteiger partial charge in [0.2, 0.25) is 0 Å². The lowest BCUT2D eigenvalue weighted by Gasteiger charge is -2.20. The molecule has 0 radical (unpaired) electrons. The van der Waals surface area contributed by atoms with Crippen LogP contribution in [0.4, 0.5) is 4.79 Å². The summed E-state index contributed by atoms with van der Waals surface area (Å²) >= 11 is 5.82. The molecule has 1 aromatic rings. The maximum Gasteiger partial charge on any atom is 0.407 e. The molecule has 0 spiro atoms. The lowest BCUT2D eigenvalue weighted by molar-refractivity contribution is 0.0532. The van der Waals surface area contributed by atoms with Gasteiger partial charge in [0.15, 0.2) is 0 Å². The summed E-state index contributed by atoms with van der Waals surface area (Å²) in [5.74, 6) is 0. The minimum Gasteiger partial charge on any atom is -0.444 e. The van der Waals surface area contributed by atoms with Crippen molar-refractivity contribution in [2.75, 3.05) is 6.54 Å². The largest absolute Gasteiger partial charge is 0.444 e. The molecule has 0 saturated carbocycles. The van der Waals surface area contributed by atoms with E-state index in [9.17, 15) is 4.79 Å². The van der Waals surface area contributed by atoms with Crippen molar-refractivity contribution >= 4 is 17.7 Å². The van der Waals surface area contributed by atoms with Gasteiger partial charge < -0.3 is 10.1 Å². The van der Waals surface area contributed by atoms with Crippen molar-refractivity contribution in [3.05, 3.63) is 46.5 Å². The van der Waals surface area contributed by atoms with Crippen LogP contribution >= 0.6 is 11.6 Å². The third-order valence-corrected chi connectivity index (χ3v) is 3.18. The van der Waals surface area contributed by atoms with Crippen molar-refractivity contribution in [2.45, 2.75) is 46.1 Å². The first-order valence-corrected chi connectivity index (χ1v) is 7.54. The van der Waals surface area contributed by atoms with E-state index in [2.05, 4.69) is 36.5 Å². The van der Waals surface area contributed by atoms with Crippen LogP contribution in [0.3, 0.4) is 0 Å². The standard InChI is InChI=1S/C17H24ClNO2/c1-13-5-7-14(8-6-13)9-10-15(11-18)12-19-16(20)21-17(2,3)4/h5-8,11H,9-10,12H2,1-4H3,(H,19,20)/b15-11-. The average Bonchev–Trinajstić information content (AvgIpc) is 2.39. The maximum absolute atomic E-state index is 11.6. The molecule has 1 aromatic carbocycles. The number of carbonyl (C=O) groups is 1. The number of ether oxygens (including phenoxy) is 1. The Morgan fingerprint density at radius 2 is 1.90 bits per heavy atom. The molecule has 0 bridgehead atoms. The minimum atomic E-state index is -0.489. The Bertz CT molecular complexity index is 487. The fraction of sp³-hybridized carbons (Fsp3) is 0.471. The van der Waals surface area contributed by atoms with Crippen LogP contribution in [0.25, 0.3) is 0 Å². The molecule has 0 aromatic heterocycles. The molecule has 0 aliphatic rings. The Balaban J connectivity index is 2.39. The van der Waals surface area contributed by atoms with Crippen LogP contribution in [0.15, 0.2) is 35.4 Å². The number of amides is 1. The zero-order chi connectivity index (χ0) is 15.9. The van der Waals surface area contributed by atoms with Crippen LogP contribution in [-0.2, 0) is 11.2 Å². The Hall–Kier alpha value is -1.48. The van der Waals surface area contributed by atoms with E-state index in [1.807, 2.05) is 20.8 Å². The molecule has 0 atom stereocenters. The number of benzene rings is 1. The van der Waals surface area contributed by atoms with Gasteiger partial charge in [0, 0.05) is 12.1 Å². The zero-order valence-corrected chi connectivity index (χ0v) is 14.0. The van der Waals surface area contributed by atoms with E-state index in [4.69, 9.17) is 16.3 Å². The quantitative estimate of drug-likeness (QED) is 0.865. The van der Waals surface area contributed by atoms with E-state index in [0.29, 0.717) is 6.54 Å². The topological polar surface area (TPSA) is 38.3 Å². The van der Waals surface area contributed by atoms with Gasteiger partial charge in [0.25, 0.3) is 0 Å². The highest BCUT2D eigenvalue weighted by Crippen LogP contribution is 2.12. The molecule has 1 rings (SSSR count). The molecule has 4 heteroatoms. The molecule has 21 heavy (non-hydrogen) atoms. The Kier molecular flexibility index (Phi) is 6.76. The van der Waals surface area contributed by atoms with Crippen LogP contribution in [0.5, 0.6) is 0 Å². The summed E-state index contributed by atoms with van der Waals surface area (Å²) in [5, 5.41) is 2.72. The smallest absolute Gasteiger partial charge is 0.407 e. The van der Waals surface area contributed by atoms with Crippen molar-refractivity contribution < 1.29 is 9.53 Å². The van der Waals surface area contributed by atoms with Gasteiger partial charge in [-0.25, -0.2) is 4.79 Å². The molecular formula is C17H24ClNO2. The number of rotatable bonds is 5. The van der Waals surface area contributed by atoms with E-state index in [-0.39, 0.29) is 0 Å². The first-order valence-electron chi connectivity index (χ1n) is 7.10. The number of nitrogens with one attached hydrogen (secondary N) is 1. The summed E-state index contributed by atoms with van der Waals surface area (Å²) in [4.78, 5) is 11.6. The van der Waals surface area contributed by atoms with Gasteiger partial charge in [-0.05, 0) is 51.7 Å². The van der Waals surface area contributed by atoms with Gasteiger partial charge in [-0.3, -0.25) is 0 Å². The number of aryl methyl sites for hydroxylation is 2. The SMILES string of the molecule is Cc1ccc(CC/C(=C/Cl)CNC(=O)OC(C)(C)C)cc1. The van der Waals surface area contributed by atoms with Gasteiger partial charge in [-0.1, -0.05) is 41.4 Å². The maximum atomic E-state index is 11.6. The minimum absolute atomic E-state index is 0.407. The summed E-state index contributed by atoms with van der Waals surface area (Å²) < 4.78 is 5.19. The van der Waals surface area contributed by atoms with Crippen LogP contribution in [-0.4, -0.2) is 18.2 Å². The summed E-state index contributed by atoms with van der Waals surface area (Å²) in [6.45, 7) is 7.98. The van der Waals surface area contributed by atoms with E-state index >= 15 is 0 Å². The summed E-state index contributed by atoms with van der Waals surface area (Å²) in [6, 6.07) is 8.42. The number of carbonyl (C=O) groups excluding carboxylic acids is 1. The molecular weight excluding hydrogens is 286 g/mol. The molecule has 0 heterocycles. The predicted octanol–water partition coefficient (Wildman–Crippen LogP) is 4.58. The molecule has 0 saturated heterocycles. The molecule has 116 valence electrons. The fourth-order valence-corrected chi connectivity index (χ4v) is 1.93. The van der Waals surface area contributed by atoms with E-state index < -0.39 is 11.7 Å². The fourth-order valence-electron chi connectivity index (χ4n) is 1.74. The summed E-state index contributed by atoms with van der Waals surface area (Å²) in [7, 11) is 0. The third kappa shape index (κ3) is 7.76. The van der Waals surface area contributed by atoms with Crippen molar-refractivity contribution in [1.82, 2.24) is 5.32 Å². The highest BCUT2D eigenvalue weighted by molar-refractivity contribution is 6.25. The zero-order valence-electron chi connectivity index (χ0n) is 13.2. The molecule has 1 N–H and O–H groups in total. The molecule has 0 unspecified atom stereocenters. The van der Waals surface area contributed by atoms with Gasteiger partial charge in [-0.2, -0.15) is 0 Å². The van der Waals surface area contributed by atoms with Gasteiger partial charge in [0.05, 0.1) is 0 Å². The van der Waals surface area contributed by atoms with Crippen molar-refractivity contribution in [2.24, 2.45) is 0 Å². The lowest BCUT2D eigenvalue weighted by atomic mass is 10.0. The van der Waals surface area contributed by atoms with E-state index in [0.717, 1.165) is 18.4 Å². The van der Waals surface area contributed by atoms with Gasteiger partial charge in [-0.15, -0.1) is 0 Å². The molecule has 3 nitrogen and oxygen atoms in total. The normalized spacial score (nSPS) is 12.1. The second kappa shape index (κ2) is 8.08. The Labute approximate surface area is 132 Å². The molecule has 0 aliphatic heterocycles. The number of halogens is 1. The van der Waals surface area contributed by atoms with Crippen molar-refractivity contribution in [1.29, 1.82) is 0 Å². The first kappa shape index (κ1) is 17.6. The molecule has 0 aliphatic carbocycles. The monoisotopic (exact) mass is 309 g/mol. The number of hydrogen-bond donors (Lipinski definition) is 1. The van der Waals surface area contributed by atoms with Gasteiger partial charge in [0.1, 0.15) is 5.60 Å². The highest BCUT2D eigenvalue weighted by Gasteiger charge is 2.15. The van der Waals surface area contributed by atoms with Crippen LogP contribution in [0, 0.1) is 6.92 Å². The van der Waals surface area contributed by atoms with Crippen LogP contribution in [0.2, 0.25) is 0 Å².